The molecular formula is C17H15Cl2NO2. The van der Waals surface area contributed by atoms with Gasteiger partial charge in [-0.3, -0.25) is 4.79 Å². The van der Waals surface area contributed by atoms with Crippen LogP contribution < -0.4 is 10.1 Å². The van der Waals surface area contributed by atoms with Crippen molar-refractivity contribution in [2.24, 2.45) is 0 Å². The van der Waals surface area contributed by atoms with Gasteiger partial charge in [0, 0.05) is 11.6 Å². The van der Waals surface area contributed by atoms with Crippen molar-refractivity contribution >= 4 is 29.1 Å². The third-order valence-corrected chi connectivity index (χ3v) is 4.14. The van der Waals surface area contributed by atoms with Gasteiger partial charge >= 0.3 is 0 Å². The van der Waals surface area contributed by atoms with E-state index in [0.717, 1.165) is 18.4 Å². The van der Waals surface area contributed by atoms with Gasteiger partial charge in [-0.25, -0.2) is 0 Å². The maximum atomic E-state index is 12.0. The van der Waals surface area contributed by atoms with Gasteiger partial charge in [0.15, 0.2) is 0 Å². The number of rotatable bonds is 5. The molecule has 114 valence electrons. The predicted octanol–water partition coefficient (Wildman–Crippen LogP) is 4.46. The van der Waals surface area contributed by atoms with Crippen molar-refractivity contribution in [1.82, 2.24) is 5.32 Å². The van der Waals surface area contributed by atoms with E-state index in [2.05, 4.69) is 5.32 Å². The standard InChI is InChI=1S/C17H15Cl2NO2/c18-15-7-4-11(8-16(15)19)10-22-14-3-1-2-12(9-14)17(21)20-13-5-6-13/h1-4,7-9,13H,5-6,10H2,(H,20,21). The van der Waals surface area contributed by atoms with E-state index in [4.69, 9.17) is 27.9 Å². The van der Waals surface area contributed by atoms with Gasteiger partial charge in [0.05, 0.1) is 10.0 Å². The van der Waals surface area contributed by atoms with Crippen LogP contribution in [-0.2, 0) is 6.61 Å². The van der Waals surface area contributed by atoms with Crippen molar-refractivity contribution in [3.8, 4) is 5.75 Å². The second-order valence-corrected chi connectivity index (χ2v) is 6.13. The van der Waals surface area contributed by atoms with Gasteiger partial charge in [-0.05, 0) is 48.7 Å². The number of ether oxygens (including phenoxy) is 1. The largest absolute Gasteiger partial charge is 0.489 e. The highest BCUT2D eigenvalue weighted by atomic mass is 35.5. The Bertz CT molecular complexity index is 699. The normalized spacial score (nSPS) is 13.7. The fraction of sp³-hybridized carbons (Fsp3) is 0.235. The number of hydrogen-bond acceptors (Lipinski definition) is 2. The predicted molar refractivity (Wildman–Crippen MR) is 87.7 cm³/mol. The Morgan fingerprint density at radius 3 is 2.68 bits per heavy atom. The highest BCUT2D eigenvalue weighted by Crippen LogP contribution is 2.24. The van der Waals surface area contributed by atoms with Crippen molar-refractivity contribution in [1.29, 1.82) is 0 Å². The van der Waals surface area contributed by atoms with Crippen LogP contribution in [0.15, 0.2) is 42.5 Å². The summed E-state index contributed by atoms with van der Waals surface area (Å²) in [6.07, 6.45) is 2.14. The summed E-state index contributed by atoms with van der Waals surface area (Å²) < 4.78 is 5.72. The van der Waals surface area contributed by atoms with Crippen molar-refractivity contribution in [3.05, 3.63) is 63.6 Å². The molecule has 2 aromatic carbocycles. The molecule has 0 saturated heterocycles. The van der Waals surface area contributed by atoms with Gasteiger partial charge in [0.1, 0.15) is 12.4 Å². The van der Waals surface area contributed by atoms with Crippen LogP contribution in [0.2, 0.25) is 10.0 Å². The molecule has 1 aliphatic rings. The first-order valence-corrected chi connectivity index (χ1v) is 7.85. The average molecular weight is 336 g/mol. The molecular weight excluding hydrogens is 321 g/mol. The minimum atomic E-state index is -0.0533. The average Bonchev–Trinajstić information content (AvgIpc) is 3.33. The molecule has 1 saturated carbocycles. The van der Waals surface area contributed by atoms with E-state index in [1.807, 2.05) is 18.2 Å². The number of nitrogens with one attached hydrogen (secondary N) is 1. The molecule has 0 unspecified atom stereocenters. The molecule has 22 heavy (non-hydrogen) atoms. The van der Waals surface area contributed by atoms with Gasteiger partial charge in [-0.2, -0.15) is 0 Å². The van der Waals surface area contributed by atoms with Crippen LogP contribution in [0.5, 0.6) is 5.75 Å². The molecule has 3 rings (SSSR count). The molecule has 1 aliphatic carbocycles. The van der Waals surface area contributed by atoms with E-state index < -0.39 is 0 Å². The van der Waals surface area contributed by atoms with E-state index in [-0.39, 0.29) is 5.91 Å². The second-order valence-electron chi connectivity index (χ2n) is 5.31. The first-order valence-electron chi connectivity index (χ1n) is 7.09. The third-order valence-electron chi connectivity index (χ3n) is 3.40. The van der Waals surface area contributed by atoms with E-state index >= 15 is 0 Å². The fourth-order valence-electron chi connectivity index (χ4n) is 2.02. The number of carbonyl (C=O) groups excluding carboxylic acids is 1. The number of hydrogen-bond donors (Lipinski definition) is 1. The smallest absolute Gasteiger partial charge is 0.251 e. The Balaban J connectivity index is 1.64. The van der Waals surface area contributed by atoms with Gasteiger partial charge in [0.25, 0.3) is 5.91 Å². The Kier molecular flexibility index (Phi) is 4.55. The number of amides is 1. The SMILES string of the molecule is O=C(NC1CC1)c1cccc(OCc2ccc(Cl)c(Cl)c2)c1. The zero-order valence-electron chi connectivity index (χ0n) is 11.8. The summed E-state index contributed by atoms with van der Waals surface area (Å²) in [5.41, 5.74) is 1.53. The van der Waals surface area contributed by atoms with E-state index in [9.17, 15) is 4.79 Å². The monoisotopic (exact) mass is 335 g/mol. The number of halogens is 2. The number of carbonyl (C=O) groups is 1. The van der Waals surface area contributed by atoms with Crippen molar-refractivity contribution in [2.75, 3.05) is 0 Å². The van der Waals surface area contributed by atoms with Crippen molar-refractivity contribution in [2.45, 2.75) is 25.5 Å². The Morgan fingerprint density at radius 1 is 1.14 bits per heavy atom. The van der Waals surface area contributed by atoms with Crippen molar-refractivity contribution in [3.63, 3.8) is 0 Å². The molecule has 0 spiro atoms. The summed E-state index contributed by atoms with van der Waals surface area (Å²) in [5, 5.41) is 3.98. The number of benzene rings is 2. The molecule has 0 bridgehead atoms. The summed E-state index contributed by atoms with van der Waals surface area (Å²) in [6.45, 7) is 0.366. The first kappa shape index (κ1) is 15.2. The summed E-state index contributed by atoms with van der Waals surface area (Å²) in [5.74, 6) is 0.594. The summed E-state index contributed by atoms with van der Waals surface area (Å²) in [6, 6.07) is 12.9. The first-order chi connectivity index (χ1) is 10.6. The van der Waals surface area contributed by atoms with Crippen LogP contribution in [0.3, 0.4) is 0 Å². The lowest BCUT2D eigenvalue weighted by Crippen LogP contribution is -2.25. The van der Waals surface area contributed by atoms with Crippen LogP contribution in [0, 0.1) is 0 Å². The Morgan fingerprint density at radius 2 is 1.95 bits per heavy atom. The van der Waals surface area contributed by atoms with E-state index in [1.165, 1.54) is 0 Å². The summed E-state index contributed by atoms with van der Waals surface area (Å²) >= 11 is 11.9. The maximum absolute atomic E-state index is 12.0. The third kappa shape index (κ3) is 3.93. The molecule has 2 aromatic rings. The zero-order chi connectivity index (χ0) is 15.5. The van der Waals surface area contributed by atoms with Crippen LogP contribution >= 0.6 is 23.2 Å². The molecule has 0 radical (unpaired) electrons. The molecule has 1 amide bonds. The molecule has 3 nitrogen and oxygen atoms in total. The topological polar surface area (TPSA) is 38.3 Å². The van der Waals surface area contributed by atoms with Crippen LogP contribution in [-0.4, -0.2) is 11.9 Å². The minimum Gasteiger partial charge on any atom is -0.489 e. The zero-order valence-corrected chi connectivity index (χ0v) is 13.3. The van der Waals surface area contributed by atoms with E-state index in [1.54, 1.807) is 24.3 Å². The molecule has 0 aliphatic heterocycles. The van der Waals surface area contributed by atoms with Gasteiger partial charge in [-0.15, -0.1) is 0 Å². The highest BCUT2D eigenvalue weighted by molar-refractivity contribution is 6.42. The fourth-order valence-corrected chi connectivity index (χ4v) is 2.34. The molecule has 1 fully saturated rings. The lowest BCUT2D eigenvalue weighted by atomic mass is 10.2. The molecule has 0 atom stereocenters. The Hall–Kier alpha value is -1.71. The quantitative estimate of drug-likeness (QED) is 0.875. The van der Waals surface area contributed by atoms with Crippen LogP contribution in [0.25, 0.3) is 0 Å². The maximum Gasteiger partial charge on any atom is 0.251 e. The Labute approximate surface area is 139 Å². The molecule has 0 aromatic heterocycles. The van der Waals surface area contributed by atoms with Gasteiger partial charge in [-0.1, -0.05) is 35.3 Å². The molecule has 1 N–H and O–H groups in total. The van der Waals surface area contributed by atoms with Gasteiger partial charge < -0.3 is 10.1 Å². The highest BCUT2D eigenvalue weighted by Gasteiger charge is 2.23. The summed E-state index contributed by atoms with van der Waals surface area (Å²) in [4.78, 5) is 12.0. The molecule has 5 heteroatoms. The minimum absolute atomic E-state index is 0.0533. The lowest BCUT2D eigenvalue weighted by Gasteiger charge is -2.09. The second kappa shape index (κ2) is 6.59. The summed E-state index contributed by atoms with van der Waals surface area (Å²) in [7, 11) is 0. The van der Waals surface area contributed by atoms with Crippen LogP contribution in [0.4, 0.5) is 0 Å². The van der Waals surface area contributed by atoms with Gasteiger partial charge in [0.2, 0.25) is 0 Å². The van der Waals surface area contributed by atoms with Crippen LogP contribution in [0.1, 0.15) is 28.8 Å². The van der Waals surface area contributed by atoms with E-state index in [0.29, 0.717) is 34.0 Å². The lowest BCUT2D eigenvalue weighted by molar-refractivity contribution is 0.0950. The van der Waals surface area contributed by atoms with Crippen molar-refractivity contribution < 1.29 is 9.53 Å². The molecule has 0 heterocycles.